The largest absolute Gasteiger partial charge is 0.419 e. The molecule has 0 bridgehead atoms. The number of aliphatic imine (C=N–C) groups is 1. The maximum atomic E-state index is 11.2. The number of halogens is 1. The fourth-order valence-corrected chi connectivity index (χ4v) is 1.44. The van der Waals surface area contributed by atoms with E-state index < -0.39 is 5.76 Å². The van der Waals surface area contributed by atoms with Gasteiger partial charge in [0.2, 0.25) is 0 Å². The molecule has 0 radical (unpaired) electrons. The molecular weight excluding hydrogens is 230 g/mol. The molecular formula is C10H10ClN3O2. The number of benzene rings is 1. The summed E-state index contributed by atoms with van der Waals surface area (Å²) >= 11 is 5.53. The van der Waals surface area contributed by atoms with Crippen LogP contribution in [0.5, 0.6) is 0 Å². The van der Waals surface area contributed by atoms with Gasteiger partial charge in [-0.1, -0.05) is 0 Å². The highest BCUT2D eigenvalue weighted by atomic mass is 35.5. The van der Waals surface area contributed by atoms with Crippen LogP contribution in [0.4, 0.5) is 5.69 Å². The van der Waals surface area contributed by atoms with Gasteiger partial charge in [0.15, 0.2) is 5.58 Å². The van der Waals surface area contributed by atoms with Crippen LogP contribution in [0.2, 0.25) is 0 Å². The normalized spacial score (nSPS) is 12.2. The highest BCUT2D eigenvalue weighted by molar-refractivity contribution is 6.28. The molecule has 0 unspecified atom stereocenters. The summed E-state index contributed by atoms with van der Waals surface area (Å²) in [6.07, 6.45) is 0. The molecule has 0 aliphatic heterocycles. The minimum Gasteiger partial charge on any atom is -0.408 e. The van der Waals surface area contributed by atoms with E-state index in [-0.39, 0.29) is 5.88 Å². The molecule has 0 amide bonds. The molecule has 0 atom stereocenters. The lowest BCUT2D eigenvalue weighted by Crippen LogP contribution is -2.12. The van der Waals surface area contributed by atoms with Gasteiger partial charge in [0.1, 0.15) is 5.84 Å². The minimum absolute atomic E-state index is 0.169. The summed E-state index contributed by atoms with van der Waals surface area (Å²) in [5.41, 5.74) is 7.36. The summed E-state index contributed by atoms with van der Waals surface area (Å²) in [4.78, 5) is 15.3. The molecule has 84 valence electrons. The average Bonchev–Trinajstić information content (AvgIpc) is 2.55. The van der Waals surface area contributed by atoms with Gasteiger partial charge in [0.05, 0.1) is 17.1 Å². The Bertz CT molecular complexity index is 612. The SMILES string of the molecule is Cn1c(=O)oc2ccc(N=C(N)CCl)cc21. The van der Waals surface area contributed by atoms with E-state index in [0.29, 0.717) is 22.6 Å². The van der Waals surface area contributed by atoms with Crippen LogP contribution in [0.15, 0.2) is 32.4 Å². The summed E-state index contributed by atoms with van der Waals surface area (Å²) in [5.74, 6) is 0.0958. The number of alkyl halides is 1. The maximum absolute atomic E-state index is 11.2. The molecule has 6 heteroatoms. The van der Waals surface area contributed by atoms with Crippen LogP contribution >= 0.6 is 11.6 Å². The highest BCUT2D eigenvalue weighted by Gasteiger charge is 2.05. The van der Waals surface area contributed by atoms with Gasteiger partial charge in [0, 0.05) is 7.05 Å². The van der Waals surface area contributed by atoms with Gasteiger partial charge in [-0.05, 0) is 18.2 Å². The lowest BCUT2D eigenvalue weighted by Gasteiger charge is -1.97. The number of nitrogens with zero attached hydrogens (tertiary/aromatic N) is 2. The van der Waals surface area contributed by atoms with E-state index in [9.17, 15) is 4.79 Å². The molecule has 5 nitrogen and oxygen atoms in total. The van der Waals surface area contributed by atoms with Crippen molar-refractivity contribution in [2.75, 3.05) is 5.88 Å². The number of hydrogen-bond donors (Lipinski definition) is 1. The Morgan fingerprint density at radius 1 is 1.62 bits per heavy atom. The number of amidine groups is 1. The third-order valence-electron chi connectivity index (χ3n) is 2.18. The quantitative estimate of drug-likeness (QED) is 0.489. The fourth-order valence-electron chi connectivity index (χ4n) is 1.38. The Morgan fingerprint density at radius 3 is 3.06 bits per heavy atom. The number of nitrogens with two attached hydrogens (primary N) is 1. The van der Waals surface area contributed by atoms with Crippen LogP contribution in [0, 0.1) is 0 Å². The Balaban J connectivity index is 2.59. The molecule has 2 aromatic rings. The first-order chi connectivity index (χ1) is 7.61. The van der Waals surface area contributed by atoms with Gasteiger partial charge in [-0.2, -0.15) is 0 Å². The van der Waals surface area contributed by atoms with E-state index in [4.69, 9.17) is 21.8 Å². The van der Waals surface area contributed by atoms with Crippen LogP contribution < -0.4 is 11.5 Å². The first kappa shape index (κ1) is 10.8. The van der Waals surface area contributed by atoms with Crippen molar-refractivity contribution in [2.24, 2.45) is 17.8 Å². The predicted molar refractivity (Wildman–Crippen MR) is 63.5 cm³/mol. The van der Waals surface area contributed by atoms with Crippen molar-refractivity contribution in [1.82, 2.24) is 4.57 Å². The second-order valence-corrected chi connectivity index (χ2v) is 3.58. The third-order valence-corrected chi connectivity index (χ3v) is 2.46. The van der Waals surface area contributed by atoms with Gasteiger partial charge >= 0.3 is 5.76 Å². The lowest BCUT2D eigenvalue weighted by molar-refractivity contribution is 0.528. The second kappa shape index (κ2) is 4.02. The molecule has 0 spiro atoms. The second-order valence-electron chi connectivity index (χ2n) is 3.32. The number of fused-ring (bicyclic) bond motifs is 1. The molecule has 0 fully saturated rings. The van der Waals surface area contributed by atoms with Crippen LogP contribution in [-0.4, -0.2) is 16.3 Å². The number of aromatic nitrogens is 1. The molecule has 0 aliphatic carbocycles. The zero-order chi connectivity index (χ0) is 11.7. The van der Waals surface area contributed by atoms with Crippen molar-refractivity contribution in [2.45, 2.75) is 0 Å². The van der Waals surface area contributed by atoms with Crippen LogP contribution in [-0.2, 0) is 7.05 Å². The van der Waals surface area contributed by atoms with Gasteiger partial charge < -0.3 is 10.2 Å². The Labute approximate surface area is 96.1 Å². The summed E-state index contributed by atoms with van der Waals surface area (Å²) in [7, 11) is 1.63. The summed E-state index contributed by atoms with van der Waals surface area (Å²) in [6.45, 7) is 0. The average molecular weight is 240 g/mol. The van der Waals surface area contributed by atoms with E-state index in [1.54, 1.807) is 25.2 Å². The molecule has 1 aromatic heterocycles. The van der Waals surface area contributed by atoms with E-state index >= 15 is 0 Å². The van der Waals surface area contributed by atoms with Crippen molar-refractivity contribution in [1.29, 1.82) is 0 Å². The smallest absolute Gasteiger partial charge is 0.408 e. The summed E-state index contributed by atoms with van der Waals surface area (Å²) in [5, 5.41) is 0. The summed E-state index contributed by atoms with van der Waals surface area (Å²) in [6, 6.07) is 5.11. The molecule has 0 saturated heterocycles. The maximum Gasteiger partial charge on any atom is 0.419 e. The van der Waals surface area contributed by atoms with Gasteiger partial charge in [-0.15, -0.1) is 11.6 Å². The predicted octanol–water partition coefficient (Wildman–Crippen LogP) is 1.36. The molecule has 2 rings (SSSR count). The zero-order valence-corrected chi connectivity index (χ0v) is 9.36. The first-order valence-electron chi connectivity index (χ1n) is 4.60. The van der Waals surface area contributed by atoms with Crippen molar-refractivity contribution in [3.8, 4) is 0 Å². The Kier molecular flexibility index (Phi) is 2.70. The highest BCUT2D eigenvalue weighted by Crippen LogP contribution is 2.19. The zero-order valence-electron chi connectivity index (χ0n) is 8.61. The minimum atomic E-state index is -0.401. The van der Waals surface area contributed by atoms with Crippen molar-refractivity contribution >= 4 is 34.2 Å². The van der Waals surface area contributed by atoms with Crippen LogP contribution in [0.1, 0.15) is 0 Å². The molecule has 0 aliphatic rings. The fraction of sp³-hybridized carbons (Fsp3) is 0.200. The summed E-state index contributed by atoms with van der Waals surface area (Å²) < 4.78 is 6.39. The van der Waals surface area contributed by atoms with Crippen molar-refractivity contribution < 1.29 is 4.42 Å². The van der Waals surface area contributed by atoms with Gasteiger partial charge in [-0.3, -0.25) is 4.57 Å². The monoisotopic (exact) mass is 239 g/mol. The molecule has 2 N–H and O–H groups in total. The van der Waals surface area contributed by atoms with E-state index in [0.717, 1.165) is 0 Å². The molecule has 16 heavy (non-hydrogen) atoms. The lowest BCUT2D eigenvalue weighted by atomic mass is 10.3. The Morgan fingerprint density at radius 2 is 2.38 bits per heavy atom. The van der Waals surface area contributed by atoms with E-state index in [1.807, 2.05) is 0 Å². The van der Waals surface area contributed by atoms with Gasteiger partial charge in [-0.25, -0.2) is 9.79 Å². The van der Waals surface area contributed by atoms with Crippen LogP contribution in [0.25, 0.3) is 11.1 Å². The number of rotatable bonds is 2. The molecule has 1 aromatic carbocycles. The van der Waals surface area contributed by atoms with Crippen LogP contribution in [0.3, 0.4) is 0 Å². The Hall–Kier alpha value is -1.75. The van der Waals surface area contributed by atoms with Gasteiger partial charge in [0.25, 0.3) is 0 Å². The van der Waals surface area contributed by atoms with E-state index in [1.165, 1.54) is 4.57 Å². The van der Waals surface area contributed by atoms with Crippen molar-refractivity contribution in [3.63, 3.8) is 0 Å². The van der Waals surface area contributed by atoms with E-state index in [2.05, 4.69) is 4.99 Å². The third kappa shape index (κ3) is 1.81. The molecule has 1 heterocycles. The standard InChI is InChI=1S/C10H10ClN3O2/c1-14-7-4-6(13-9(12)5-11)2-3-8(7)16-10(14)15/h2-4H,5H2,1H3,(H2,12,13). The number of aryl methyl sites for hydroxylation is 1. The molecule has 0 saturated carbocycles. The number of hydrogen-bond acceptors (Lipinski definition) is 3. The van der Waals surface area contributed by atoms with Crippen molar-refractivity contribution in [3.05, 3.63) is 28.7 Å². The number of oxazole rings is 1. The topological polar surface area (TPSA) is 73.5 Å². The first-order valence-corrected chi connectivity index (χ1v) is 5.14.